The third kappa shape index (κ3) is 0.997. The second-order valence-electron chi connectivity index (χ2n) is 6.17. The molecule has 5 unspecified atom stereocenters. The zero-order chi connectivity index (χ0) is 12.3. The lowest BCUT2D eigenvalue weighted by molar-refractivity contribution is 0.442. The first-order chi connectivity index (χ1) is 9.29. The molecule has 4 aliphatic carbocycles. The number of benzene rings is 1. The maximum absolute atomic E-state index is 11.5. The molecule has 2 aromatic rings. The van der Waals surface area contributed by atoms with Crippen molar-refractivity contribution >= 4 is 44.2 Å². The molecule has 5 atom stereocenters. The van der Waals surface area contributed by atoms with E-state index in [9.17, 15) is 4.79 Å². The van der Waals surface area contributed by atoms with Crippen molar-refractivity contribution in [1.29, 1.82) is 0 Å². The van der Waals surface area contributed by atoms with E-state index in [4.69, 9.17) is 0 Å². The Bertz CT molecular complexity index is 910. The van der Waals surface area contributed by atoms with Gasteiger partial charge in [0.25, 0.3) is 4.06 Å². The molecule has 0 saturated heterocycles. The molecule has 1 heterocycles. The molecule has 0 aliphatic heterocycles. The molecule has 19 heavy (non-hydrogen) atoms. The summed E-state index contributed by atoms with van der Waals surface area (Å²) in [5, 5.41) is 2.71. The molecule has 4 aliphatic rings. The fourth-order valence-corrected chi connectivity index (χ4v) is 6.62. The Morgan fingerprint density at radius 2 is 1.37 bits per heavy atom. The SMILES string of the molecule is O=c1sc2cc3c(cc2s1)=CC1C(C=3)C2C=C3C2C31. The number of hydrogen-bond acceptors (Lipinski definition) is 3. The van der Waals surface area contributed by atoms with Crippen LogP contribution in [0, 0.1) is 29.6 Å². The van der Waals surface area contributed by atoms with E-state index >= 15 is 0 Å². The summed E-state index contributed by atoms with van der Waals surface area (Å²) in [6.45, 7) is 0. The quantitative estimate of drug-likeness (QED) is 0.675. The second-order valence-corrected chi connectivity index (χ2v) is 8.45. The van der Waals surface area contributed by atoms with E-state index in [0.717, 1.165) is 39.0 Å². The van der Waals surface area contributed by atoms with Crippen molar-refractivity contribution in [2.75, 3.05) is 0 Å². The molecule has 0 amide bonds. The number of allylic oxidation sites excluding steroid dienone is 2. The molecule has 1 nitrogen and oxygen atoms in total. The molecule has 2 fully saturated rings. The molecule has 1 aromatic carbocycles. The number of fused-ring (bicyclic) bond motifs is 6. The van der Waals surface area contributed by atoms with Crippen LogP contribution < -0.4 is 14.5 Å². The van der Waals surface area contributed by atoms with E-state index in [2.05, 4.69) is 30.4 Å². The molecule has 3 heteroatoms. The van der Waals surface area contributed by atoms with Gasteiger partial charge in [0.15, 0.2) is 0 Å². The lowest BCUT2D eigenvalue weighted by Crippen LogP contribution is -2.35. The number of rotatable bonds is 0. The van der Waals surface area contributed by atoms with E-state index in [1.54, 1.807) is 5.57 Å². The maximum Gasteiger partial charge on any atom is 0.288 e. The standard InChI is InChI=1S/C16H10OS2/c17-16-18-12-3-6-1-8-9(2-7(6)4-13(12)19-16)14-11-5-10(8)15(11)14/h1-5,8-10,14-15H. The van der Waals surface area contributed by atoms with Gasteiger partial charge < -0.3 is 0 Å². The van der Waals surface area contributed by atoms with Crippen LogP contribution in [0.3, 0.4) is 0 Å². The van der Waals surface area contributed by atoms with Crippen molar-refractivity contribution < 1.29 is 0 Å². The summed E-state index contributed by atoms with van der Waals surface area (Å²) in [5.74, 6) is 4.11. The van der Waals surface area contributed by atoms with Crippen LogP contribution in [-0.4, -0.2) is 0 Å². The predicted octanol–water partition coefficient (Wildman–Crippen LogP) is 1.95. The molecule has 0 spiro atoms. The van der Waals surface area contributed by atoms with Crippen LogP contribution in [0.15, 0.2) is 28.6 Å². The third-order valence-electron chi connectivity index (χ3n) is 5.43. The van der Waals surface area contributed by atoms with E-state index in [1.807, 2.05) is 0 Å². The van der Waals surface area contributed by atoms with Gasteiger partial charge in [-0.05, 0) is 52.2 Å². The lowest BCUT2D eigenvalue weighted by Gasteiger charge is -2.29. The van der Waals surface area contributed by atoms with Gasteiger partial charge in [0, 0.05) is 9.40 Å². The second kappa shape index (κ2) is 2.79. The van der Waals surface area contributed by atoms with Gasteiger partial charge in [-0.15, -0.1) is 0 Å². The zero-order valence-corrected chi connectivity index (χ0v) is 11.6. The minimum Gasteiger partial charge on any atom is -0.265 e. The van der Waals surface area contributed by atoms with Gasteiger partial charge in [-0.25, -0.2) is 0 Å². The van der Waals surface area contributed by atoms with Crippen molar-refractivity contribution in [2.45, 2.75) is 0 Å². The summed E-state index contributed by atoms with van der Waals surface area (Å²) < 4.78 is 2.53. The van der Waals surface area contributed by atoms with Crippen LogP contribution >= 0.6 is 22.7 Å². The van der Waals surface area contributed by atoms with Crippen molar-refractivity contribution in [1.82, 2.24) is 0 Å². The van der Waals surface area contributed by atoms with Crippen LogP contribution in [-0.2, 0) is 0 Å². The van der Waals surface area contributed by atoms with E-state index in [0.29, 0.717) is 0 Å². The molecular weight excluding hydrogens is 272 g/mol. The lowest BCUT2D eigenvalue weighted by atomic mass is 9.74. The van der Waals surface area contributed by atoms with E-state index < -0.39 is 0 Å². The first-order valence-electron chi connectivity index (χ1n) is 6.79. The van der Waals surface area contributed by atoms with Gasteiger partial charge in [0.05, 0.1) is 0 Å². The van der Waals surface area contributed by atoms with Gasteiger partial charge in [-0.2, -0.15) is 0 Å². The summed E-state index contributed by atoms with van der Waals surface area (Å²) in [6, 6.07) is 4.46. The molecule has 0 N–H and O–H groups in total. The normalized spacial score (nSPS) is 39.4. The van der Waals surface area contributed by atoms with Gasteiger partial charge in [-0.3, -0.25) is 4.79 Å². The van der Waals surface area contributed by atoms with Crippen molar-refractivity contribution in [2.24, 2.45) is 29.6 Å². The highest BCUT2D eigenvalue weighted by Crippen LogP contribution is 2.73. The van der Waals surface area contributed by atoms with Gasteiger partial charge in [0.2, 0.25) is 0 Å². The Hall–Kier alpha value is -1.19. The fraction of sp³-hybridized carbons (Fsp3) is 0.312. The molecular formula is C16H10OS2. The fourth-order valence-electron chi connectivity index (χ4n) is 4.62. The average molecular weight is 282 g/mol. The van der Waals surface area contributed by atoms with Crippen molar-refractivity contribution in [3.8, 4) is 0 Å². The third-order valence-corrected chi connectivity index (χ3v) is 7.51. The maximum atomic E-state index is 11.5. The minimum atomic E-state index is 0.214. The monoisotopic (exact) mass is 282 g/mol. The summed E-state index contributed by atoms with van der Waals surface area (Å²) in [6.07, 6.45) is 7.48. The summed E-state index contributed by atoms with van der Waals surface area (Å²) in [7, 11) is 0. The summed E-state index contributed by atoms with van der Waals surface area (Å²) in [5.41, 5.74) is 1.74. The highest BCUT2D eigenvalue weighted by molar-refractivity contribution is 7.35. The molecule has 2 saturated carbocycles. The predicted molar refractivity (Wildman–Crippen MR) is 79.7 cm³/mol. The highest BCUT2D eigenvalue weighted by Gasteiger charge is 2.67. The summed E-state index contributed by atoms with van der Waals surface area (Å²) in [4.78, 5) is 11.5. The Morgan fingerprint density at radius 1 is 0.789 bits per heavy atom. The Labute approximate surface area is 117 Å². The van der Waals surface area contributed by atoms with E-state index in [-0.39, 0.29) is 4.06 Å². The summed E-state index contributed by atoms with van der Waals surface area (Å²) >= 11 is 2.78. The molecule has 0 radical (unpaired) electrons. The average Bonchev–Trinajstić information content (AvgIpc) is 2.66. The van der Waals surface area contributed by atoms with Gasteiger partial charge in [0.1, 0.15) is 0 Å². The first-order valence-corrected chi connectivity index (χ1v) is 8.42. The highest BCUT2D eigenvalue weighted by atomic mass is 32.2. The smallest absolute Gasteiger partial charge is 0.265 e. The minimum absolute atomic E-state index is 0.214. The molecule has 6 rings (SSSR count). The zero-order valence-electron chi connectivity index (χ0n) is 10.00. The largest absolute Gasteiger partial charge is 0.288 e. The Kier molecular flexibility index (Phi) is 1.42. The van der Waals surface area contributed by atoms with Crippen molar-refractivity contribution in [3.63, 3.8) is 0 Å². The van der Waals surface area contributed by atoms with Crippen molar-refractivity contribution in [3.05, 3.63) is 43.1 Å². The van der Waals surface area contributed by atoms with Crippen LogP contribution in [0.25, 0.3) is 21.6 Å². The van der Waals surface area contributed by atoms with Crippen LogP contribution in [0.5, 0.6) is 0 Å². The Morgan fingerprint density at radius 3 is 2.05 bits per heavy atom. The Balaban J connectivity index is 1.70. The van der Waals surface area contributed by atoms with Gasteiger partial charge >= 0.3 is 0 Å². The first kappa shape index (κ1) is 9.67. The van der Waals surface area contributed by atoms with Crippen LogP contribution in [0.2, 0.25) is 0 Å². The molecule has 92 valence electrons. The van der Waals surface area contributed by atoms with Gasteiger partial charge in [-0.1, -0.05) is 46.5 Å². The molecule has 1 aromatic heterocycles. The molecule has 0 bridgehead atoms. The topological polar surface area (TPSA) is 17.1 Å². The number of hydrogen-bond donors (Lipinski definition) is 0. The van der Waals surface area contributed by atoms with Crippen LogP contribution in [0.1, 0.15) is 0 Å². The van der Waals surface area contributed by atoms with Crippen LogP contribution in [0.4, 0.5) is 0 Å². The van der Waals surface area contributed by atoms with E-state index in [1.165, 1.54) is 33.1 Å².